The molecule has 1 aliphatic carbocycles. The van der Waals surface area contributed by atoms with E-state index in [0.717, 1.165) is 5.69 Å². The van der Waals surface area contributed by atoms with Gasteiger partial charge in [0.1, 0.15) is 0 Å². The number of carbonyl (C=O) groups is 1. The number of hydrogen-bond acceptors (Lipinski definition) is 5. The minimum Gasteiger partial charge on any atom is -0.464 e. The summed E-state index contributed by atoms with van der Waals surface area (Å²) in [6.07, 6.45) is 1.72. The van der Waals surface area contributed by atoms with Crippen LogP contribution >= 0.6 is 11.6 Å². The van der Waals surface area contributed by atoms with E-state index in [0.29, 0.717) is 16.4 Å². The first-order valence-electron chi connectivity index (χ1n) is 6.74. The van der Waals surface area contributed by atoms with Gasteiger partial charge in [-0.2, -0.15) is 5.10 Å². The molecule has 7 heteroatoms. The second kappa shape index (κ2) is 4.42. The number of hydrogen-bond donors (Lipinski definition) is 1. The van der Waals surface area contributed by atoms with Crippen LogP contribution in [0.15, 0.2) is 12.3 Å². The van der Waals surface area contributed by atoms with Gasteiger partial charge in [-0.1, -0.05) is 25.4 Å². The molecule has 0 spiro atoms. The monoisotopic (exact) mass is 309 g/mol. The van der Waals surface area contributed by atoms with Crippen molar-refractivity contribution in [2.24, 2.45) is 0 Å². The predicted molar refractivity (Wildman–Crippen MR) is 76.2 cm³/mol. The van der Waals surface area contributed by atoms with Gasteiger partial charge in [0.25, 0.3) is 0 Å². The summed E-state index contributed by atoms with van der Waals surface area (Å²) in [6.45, 7) is 5.80. The smallest absolute Gasteiger partial charge is 0.342 e. The number of rotatable bonds is 2. The van der Waals surface area contributed by atoms with Crippen molar-refractivity contribution in [3.05, 3.63) is 28.7 Å². The average molecular weight is 310 g/mol. The Morgan fingerprint density at radius 3 is 2.95 bits per heavy atom. The molecule has 2 aromatic rings. The quantitative estimate of drug-likeness (QED) is 0.856. The van der Waals surface area contributed by atoms with Crippen LogP contribution in [0.3, 0.4) is 0 Å². The highest BCUT2D eigenvalue weighted by Gasteiger charge is 2.54. The van der Waals surface area contributed by atoms with E-state index < -0.39 is 17.0 Å². The van der Waals surface area contributed by atoms with Gasteiger partial charge in [-0.25, -0.2) is 14.3 Å². The number of fused-ring (bicyclic) bond motifs is 3. The van der Waals surface area contributed by atoms with Crippen molar-refractivity contribution in [1.29, 1.82) is 0 Å². The molecule has 0 amide bonds. The van der Waals surface area contributed by atoms with Crippen LogP contribution in [0.5, 0.6) is 0 Å². The summed E-state index contributed by atoms with van der Waals surface area (Å²) in [7, 11) is 0. The van der Waals surface area contributed by atoms with Gasteiger partial charge >= 0.3 is 5.97 Å². The molecule has 0 fully saturated rings. The lowest BCUT2D eigenvalue weighted by molar-refractivity contribution is -0.167. The van der Waals surface area contributed by atoms with Crippen molar-refractivity contribution in [1.82, 2.24) is 14.6 Å². The maximum atomic E-state index is 12.2. The van der Waals surface area contributed by atoms with E-state index in [-0.39, 0.29) is 13.0 Å². The molecule has 0 aliphatic heterocycles. The minimum absolute atomic E-state index is 0.209. The predicted octanol–water partition coefficient (Wildman–Crippen LogP) is 1.81. The molecule has 0 bridgehead atoms. The Labute approximate surface area is 126 Å². The molecule has 112 valence electrons. The molecule has 0 radical (unpaired) electrons. The zero-order chi connectivity index (χ0) is 15.4. The molecule has 0 saturated carbocycles. The first kappa shape index (κ1) is 14.3. The Kier molecular flexibility index (Phi) is 3.00. The summed E-state index contributed by atoms with van der Waals surface area (Å²) in [6, 6.07) is 1.64. The summed E-state index contributed by atoms with van der Waals surface area (Å²) in [5, 5.41) is 15.4. The van der Waals surface area contributed by atoms with Crippen molar-refractivity contribution >= 4 is 23.2 Å². The number of nitrogens with zero attached hydrogens (tertiary/aromatic N) is 3. The maximum absolute atomic E-state index is 12.2. The van der Waals surface area contributed by atoms with Crippen molar-refractivity contribution in [2.75, 3.05) is 6.61 Å². The number of halogens is 1. The number of ether oxygens (including phenoxy) is 1. The fourth-order valence-corrected chi connectivity index (χ4v) is 3.28. The lowest BCUT2D eigenvalue weighted by atomic mass is 9.87. The molecule has 1 N–H and O–H groups in total. The first-order chi connectivity index (χ1) is 9.79. The second-order valence-corrected chi connectivity index (χ2v) is 6.29. The van der Waals surface area contributed by atoms with Gasteiger partial charge in [0.05, 0.1) is 12.3 Å². The molecule has 0 aromatic carbocycles. The Balaban J connectivity index is 2.27. The molecule has 21 heavy (non-hydrogen) atoms. The fraction of sp³-hybridized carbons (Fsp3) is 0.500. The molecule has 1 aliphatic rings. The molecule has 6 nitrogen and oxygen atoms in total. The molecule has 1 unspecified atom stereocenters. The Hall–Kier alpha value is -1.66. The van der Waals surface area contributed by atoms with E-state index in [1.807, 2.05) is 13.8 Å². The number of aromatic nitrogens is 3. The van der Waals surface area contributed by atoms with Crippen LogP contribution in [0.1, 0.15) is 38.4 Å². The van der Waals surface area contributed by atoms with E-state index in [9.17, 15) is 9.90 Å². The van der Waals surface area contributed by atoms with Crippen molar-refractivity contribution in [3.63, 3.8) is 0 Å². The SMILES string of the molecule is CCOC(=O)C1(O)CC(C)(C)c2c1cnc1cc(Cl)nn21. The zero-order valence-electron chi connectivity index (χ0n) is 12.1. The molecular formula is C14H16ClN3O3. The van der Waals surface area contributed by atoms with Crippen molar-refractivity contribution < 1.29 is 14.6 Å². The molecule has 2 aromatic heterocycles. The highest BCUT2D eigenvalue weighted by atomic mass is 35.5. The number of esters is 1. The maximum Gasteiger partial charge on any atom is 0.342 e. The Morgan fingerprint density at radius 2 is 2.29 bits per heavy atom. The van der Waals surface area contributed by atoms with Crippen molar-refractivity contribution in [2.45, 2.75) is 38.2 Å². The molecule has 2 heterocycles. The standard InChI is InChI=1S/C14H16ClN3O3/c1-4-21-12(19)14(20)7-13(2,3)11-8(14)6-16-10-5-9(15)17-18(10)11/h5-6,20H,4,7H2,1-3H3. The normalized spacial score (nSPS) is 23.3. The van der Waals surface area contributed by atoms with E-state index in [1.54, 1.807) is 17.5 Å². The first-order valence-corrected chi connectivity index (χ1v) is 7.12. The Bertz CT molecular complexity index is 740. The van der Waals surface area contributed by atoms with Crippen molar-refractivity contribution in [3.8, 4) is 0 Å². The third-order valence-corrected chi connectivity index (χ3v) is 4.04. The van der Waals surface area contributed by atoms with Gasteiger partial charge in [0.2, 0.25) is 0 Å². The summed E-state index contributed by atoms with van der Waals surface area (Å²) in [5.41, 5.74) is -0.421. The number of aliphatic hydroxyl groups is 1. The Morgan fingerprint density at radius 1 is 1.57 bits per heavy atom. The van der Waals surface area contributed by atoms with E-state index in [2.05, 4.69) is 10.1 Å². The van der Waals surface area contributed by atoms with E-state index >= 15 is 0 Å². The summed E-state index contributed by atoms with van der Waals surface area (Å²) < 4.78 is 6.62. The van der Waals surface area contributed by atoms with Gasteiger partial charge in [-0.15, -0.1) is 0 Å². The summed E-state index contributed by atoms with van der Waals surface area (Å²) in [4.78, 5) is 16.4. The lowest BCUT2D eigenvalue weighted by Gasteiger charge is -2.23. The fourth-order valence-electron chi connectivity index (χ4n) is 3.11. The largest absolute Gasteiger partial charge is 0.464 e. The van der Waals surface area contributed by atoms with Crippen LogP contribution < -0.4 is 0 Å². The molecule has 0 saturated heterocycles. The third-order valence-electron chi connectivity index (χ3n) is 3.85. The van der Waals surface area contributed by atoms with Crippen LogP contribution in [0, 0.1) is 0 Å². The molecule has 3 rings (SSSR count). The van der Waals surface area contributed by atoms with Gasteiger partial charge in [0, 0.05) is 29.7 Å². The highest BCUT2D eigenvalue weighted by Crippen LogP contribution is 2.48. The second-order valence-electron chi connectivity index (χ2n) is 5.90. The van der Waals surface area contributed by atoms with Crippen LogP contribution in [-0.4, -0.2) is 32.3 Å². The summed E-state index contributed by atoms with van der Waals surface area (Å²) in [5.74, 6) is -0.656. The van der Waals surface area contributed by atoms with Gasteiger partial charge in [-0.05, 0) is 6.92 Å². The van der Waals surface area contributed by atoms with Crippen LogP contribution in [-0.2, 0) is 20.5 Å². The lowest BCUT2D eigenvalue weighted by Crippen LogP contribution is -2.36. The van der Waals surface area contributed by atoms with Gasteiger partial charge < -0.3 is 9.84 Å². The van der Waals surface area contributed by atoms with Gasteiger partial charge in [-0.3, -0.25) is 0 Å². The van der Waals surface area contributed by atoms with Crippen LogP contribution in [0.2, 0.25) is 5.15 Å². The van der Waals surface area contributed by atoms with E-state index in [1.165, 1.54) is 6.20 Å². The zero-order valence-corrected chi connectivity index (χ0v) is 12.8. The van der Waals surface area contributed by atoms with Gasteiger partial charge in [0.15, 0.2) is 16.4 Å². The van der Waals surface area contributed by atoms with Crippen LogP contribution in [0.25, 0.3) is 5.65 Å². The minimum atomic E-state index is -1.70. The molecular weight excluding hydrogens is 294 g/mol. The average Bonchev–Trinajstić information content (AvgIpc) is 2.85. The third kappa shape index (κ3) is 1.93. The number of carbonyl (C=O) groups excluding carboxylic acids is 1. The van der Waals surface area contributed by atoms with E-state index in [4.69, 9.17) is 16.3 Å². The van der Waals surface area contributed by atoms with Crippen LogP contribution in [0.4, 0.5) is 0 Å². The summed E-state index contributed by atoms with van der Waals surface area (Å²) >= 11 is 5.94. The molecule has 1 atom stereocenters. The topological polar surface area (TPSA) is 76.7 Å². The highest BCUT2D eigenvalue weighted by molar-refractivity contribution is 6.29.